The van der Waals surface area contributed by atoms with Gasteiger partial charge in [-0.05, 0) is 49.6 Å². The number of hydrogen-bond donors (Lipinski definition) is 2. The number of rotatable bonds is 3. The molecule has 2 aliphatic heterocycles. The standard InChI is InChI=1S/C22H23F2N5O2/c23-14-3-4-17(24)16(12-14)19-2-1-8-29(19)20-7-11-27-10-6-18(21(27)26-20)25-22(31)28-9-5-15(30)13-28/h3-4,6-7,10-12,15,19,30H,1-2,5,8-9,13H2,(H,25,31)/t15-,19-/m1/s1. The first-order valence-electron chi connectivity index (χ1n) is 10.4. The summed E-state index contributed by atoms with van der Waals surface area (Å²) in [5, 5.41) is 12.5. The highest BCUT2D eigenvalue weighted by Gasteiger charge is 2.30. The van der Waals surface area contributed by atoms with Gasteiger partial charge < -0.3 is 24.6 Å². The van der Waals surface area contributed by atoms with Gasteiger partial charge in [-0.3, -0.25) is 0 Å². The van der Waals surface area contributed by atoms with Crippen molar-refractivity contribution in [3.63, 3.8) is 0 Å². The number of β-amino-alcohol motifs (C(OH)–C–C–N with tert-alkyl or cyclic N) is 1. The fraction of sp³-hybridized carbons (Fsp3) is 0.364. The van der Waals surface area contributed by atoms with Gasteiger partial charge in [0.05, 0.1) is 17.8 Å². The number of amides is 2. The fourth-order valence-corrected chi connectivity index (χ4v) is 4.48. The molecule has 3 aromatic rings. The van der Waals surface area contributed by atoms with Crippen LogP contribution in [0, 0.1) is 11.6 Å². The first kappa shape index (κ1) is 19.7. The van der Waals surface area contributed by atoms with Gasteiger partial charge in [0, 0.05) is 37.6 Å². The Hall–Kier alpha value is -3.20. The van der Waals surface area contributed by atoms with Crippen LogP contribution >= 0.6 is 0 Å². The summed E-state index contributed by atoms with van der Waals surface area (Å²) in [5.41, 5.74) is 1.45. The second-order valence-corrected chi connectivity index (χ2v) is 8.08. The molecule has 5 rings (SSSR count). The third-order valence-corrected chi connectivity index (χ3v) is 6.05. The number of likely N-dealkylation sites (tertiary alicyclic amines) is 1. The fourth-order valence-electron chi connectivity index (χ4n) is 4.48. The summed E-state index contributed by atoms with van der Waals surface area (Å²) in [5.74, 6) is -0.248. The number of halogens is 2. The van der Waals surface area contributed by atoms with Crippen LogP contribution in [0.3, 0.4) is 0 Å². The Balaban J connectivity index is 1.43. The van der Waals surface area contributed by atoms with Gasteiger partial charge in [-0.15, -0.1) is 0 Å². The van der Waals surface area contributed by atoms with Gasteiger partial charge in [-0.25, -0.2) is 18.6 Å². The van der Waals surface area contributed by atoms with E-state index in [0.29, 0.717) is 55.2 Å². The lowest BCUT2D eigenvalue weighted by Gasteiger charge is -2.26. The van der Waals surface area contributed by atoms with Crippen LogP contribution in [0.4, 0.5) is 25.1 Å². The van der Waals surface area contributed by atoms with E-state index in [-0.39, 0.29) is 12.1 Å². The molecule has 162 valence electrons. The predicted octanol–water partition coefficient (Wildman–Crippen LogP) is 3.55. The van der Waals surface area contributed by atoms with Crippen molar-refractivity contribution in [1.82, 2.24) is 14.3 Å². The molecule has 2 saturated heterocycles. The molecule has 9 heteroatoms. The first-order chi connectivity index (χ1) is 15.0. The molecular weight excluding hydrogens is 404 g/mol. The molecule has 7 nitrogen and oxygen atoms in total. The zero-order valence-corrected chi connectivity index (χ0v) is 16.8. The number of aliphatic hydroxyl groups excluding tert-OH is 1. The smallest absolute Gasteiger partial charge is 0.322 e. The molecule has 2 atom stereocenters. The van der Waals surface area contributed by atoms with Crippen molar-refractivity contribution in [3.8, 4) is 0 Å². The normalized spacial score (nSPS) is 21.3. The number of anilines is 2. The quantitative estimate of drug-likeness (QED) is 0.671. The molecule has 0 unspecified atom stereocenters. The first-order valence-corrected chi connectivity index (χ1v) is 10.4. The van der Waals surface area contributed by atoms with Crippen LogP contribution in [-0.2, 0) is 0 Å². The number of nitrogens with one attached hydrogen (secondary N) is 1. The van der Waals surface area contributed by atoms with E-state index < -0.39 is 17.7 Å². The Labute approximate surface area is 177 Å². The van der Waals surface area contributed by atoms with Crippen molar-refractivity contribution in [2.24, 2.45) is 0 Å². The van der Waals surface area contributed by atoms with Gasteiger partial charge in [-0.2, -0.15) is 0 Å². The number of fused-ring (bicyclic) bond motifs is 1. The largest absolute Gasteiger partial charge is 0.391 e. The van der Waals surface area contributed by atoms with Gasteiger partial charge >= 0.3 is 6.03 Å². The second-order valence-electron chi connectivity index (χ2n) is 8.08. The molecule has 2 aromatic heterocycles. The number of carbonyl (C=O) groups excluding carboxylic acids is 1. The SMILES string of the molecule is O=C(Nc1ccn2ccc(N3CCC[C@@H]3c3cc(F)ccc3F)nc12)N1CC[C@@H](O)C1. The Morgan fingerprint density at radius 1 is 1.13 bits per heavy atom. The summed E-state index contributed by atoms with van der Waals surface area (Å²) < 4.78 is 30.0. The topological polar surface area (TPSA) is 73.1 Å². The van der Waals surface area contributed by atoms with E-state index in [0.717, 1.165) is 18.6 Å². The van der Waals surface area contributed by atoms with E-state index in [4.69, 9.17) is 4.98 Å². The molecule has 0 bridgehead atoms. The Kier molecular flexibility index (Phi) is 4.97. The molecule has 0 aliphatic carbocycles. The van der Waals surface area contributed by atoms with E-state index in [9.17, 15) is 18.7 Å². The zero-order chi connectivity index (χ0) is 21.5. The Morgan fingerprint density at radius 3 is 2.77 bits per heavy atom. The van der Waals surface area contributed by atoms with Crippen molar-refractivity contribution in [3.05, 3.63) is 59.9 Å². The van der Waals surface area contributed by atoms with Crippen LogP contribution in [-0.4, -0.2) is 51.2 Å². The van der Waals surface area contributed by atoms with Crippen LogP contribution in [0.5, 0.6) is 0 Å². The molecule has 0 spiro atoms. The molecule has 0 saturated carbocycles. The average Bonchev–Trinajstić information content (AvgIpc) is 3.49. The van der Waals surface area contributed by atoms with Crippen molar-refractivity contribution in [1.29, 1.82) is 0 Å². The van der Waals surface area contributed by atoms with Crippen LogP contribution in [0.1, 0.15) is 30.9 Å². The van der Waals surface area contributed by atoms with Crippen LogP contribution < -0.4 is 10.2 Å². The van der Waals surface area contributed by atoms with Crippen molar-refractivity contribution < 1.29 is 18.7 Å². The van der Waals surface area contributed by atoms with E-state index in [1.54, 1.807) is 21.6 Å². The van der Waals surface area contributed by atoms with Crippen LogP contribution in [0.2, 0.25) is 0 Å². The van der Waals surface area contributed by atoms with E-state index in [1.165, 1.54) is 6.07 Å². The lowest BCUT2D eigenvalue weighted by Crippen LogP contribution is -2.33. The minimum absolute atomic E-state index is 0.280. The minimum atomic E-state index is -0.489. The average molecular weight is 427 g/mol. The molecule has 1 aromatic carbocycles. The van der Waals surface area contributed by atoms with Gasteiger partial charge in [0.1, 0.15) is 17.5 Å². The van der Waals surface area contributed by atoms with Crippen molar-refractivity contribution in [2.45, 2.75) is 31.4 Å². The number of urea groups is 1. The number of carbonyl (C=O) groups is 1. The minimum Gasteiger partial charge on any atom is -0.391 e. The highest BCUT2D eigenvalue weighted by atomic mass is 19.1. The number of hydrogen-bond acceptors (Lipinski definition) is 4. The molecule has 2 amide bonds. The summed E-state index contributed by atoms with van der Waals surface area (Å²) >= 11 is 0. The molecule has 4 heterocycles. The maximum atomic E-state index is 14.4. The van der Waals surface area contributed by atoms with E-state index in [1.807, 2.05) is 17.2 Å². The highest BCUT2D eigenvalue weighted by Crippen LogP contribution is 2.37. The van der Waals surface area contributed by atoms with Crippen molar-refractivity contribution >= 4 is 23.2 Å². The maximum absolute atomic E-state index is 14.4. The summed E-state index contributed by atoms with van der Waals surface area (Å²) in [6, 6.07) is 6.56. The monoisotopic (exact) mass is 427 g/mol. The van der Waals surface area contributed by atoms with Crippen molar-refractivity contribution in [2.75, 3.05) is 29.9 Å². The molecule has 31 heavy (non-hydrogen) atoms. The lowest BCUT2D eigenvalue weighted by atomic mass is 10.0. The second kappa shape index (κ2) is 7.81. The molecule has 2 fully saturated rings. The predicted molar refractivity (Wildman–Crippen MR) is 112 cm³/mol. The molecule has 2 aliphatic rings. The van der Waals surface area contributed by atoms with Gasteiger partial charge in [-0.1, -0.05) is 0 Å². The molecule has 2 N–H and O–H groups in total. The number of nitrogens with zero attached hydrogens (tertiary/aromatic N) is 4. The lowest BCUT2D eigenvalue weighted by molar-refractivity contribution is 0.176. The molecule has 0 radical (unpaired) electrons. The molecular formula is C22H23F2N5O2. The zero-order valence-electron chi connectivity index (χ0n) is 16.8. The van der Waals surface area contributed by atoms with E-state index in [2.05, 4.69) is 5.32 Å². The summed E-state index contributed by atoms with van der Waals surface area (Å²) in [6.07, 6.45) is 5.26. The van der Waals surface area contributed by atoms with Crippen LogP contribution in [0.15, 0.2) is 42.7 Å². The maximum Gasteiger partial charge on any atom is 0.322 e. The number of benzene rings is 1. The van der Waals surface area contributed by atoms with Crippen LogP contribution in [0.25, 0.3) is 5.65 Å². The highest BCUT2D eigenvalue weighted by molar-refractivity contribution is 5.93. The van der Waals surface area contributed by atoms with Gasteiger partial charge in [0.25, 0.3) is 0 Å². The third-order valence-electron chi connectivity index (χ3n) is 6.05. The van der Waals surface area contributed by atoms with E-state index >= 15 is 0 Å². The summed E-state index contributed by atoms with van der Waals surface area (Å²) in [6.45, 7) is 1.49. The number of aliphatic hydroxyl groups is 1. The van der Waals surface area contributed by atoms with Gasteiger partial charge in [0.15, 0.2) is 5.65 Å². The summed E-state index contributed by atoms with van der Waals surface area (Å²) in [4.78, 5) is 20.8. The number of aromatic nitrogens is 2. The summed E-state index contributed by atoms with van der Waals surface area (Å²) in [7, 11) is 0. The third kappa shape index (κ3) is 3.69. The Bertz CT molecular complexity index is 1130. The Morgan fingerprint density at radius 2 is 1.97 bits per heavy atom. The van der Waals surface area contributed by atoms with Gasteiger partial charge in [0.2, 0.25) is 0 Å².